The molecule has 0 N–H and O–H groups in total. The molecule has 1 aliphatic carbocycles. The van der Waals surface area contributed by atoms with Crippen LogP contribution in [-0.4, -0.2) is 12.6 Å². The van der Waals surface area contributed by atoms with Crippen molar-refractivity contribution in [3.8, 4) is 6.07 Å². The Kier molecular flexibility index (Phi) is 3.33. The topological polar surface area (TPSA) is 27.0 Å². The first kappa shape index (κ1) is 11.9. The largest absolute Gasteiger partial charge is 0.368 e. The molecular formula is C14H17FN2. The highest BCUT2D eigenvalue weighted by molar-refractivity contribution is 5.52. The monoisotopic (exact) mass is 232 g/mol. The Balaban J connectivity index is 2.24. The van der Waals surface area contributed by atoms with Crippen LogP contribution in [0, 0.1) is 23.1 Å². The molecule has 0 radical (unpaired) electrons. The van der Waals surface area contributed by atoms with Crippen molar-refractivity contribution in [1.29, 1.82) is 5.26 Å². The Morgan fingerprint density at radius 3 is 2.65 bits per heavy atom. The predicted octanol–water partition coefficient (Wildman–Crippen LogP) is 3.32. The number of rotatable bonds is 4. The molecule has 1 aromatic rings. The van der Waals surface area contributed by atoms with Crippen molar-refractivity contribution >= 4 is 5.69 Å². The second-order valence-corrected chi connectivity index (χ2v) is 5.05. The minimum atomic E-state index is -0.417. The fraction of sp³-hybridized carbons (Fsp3) is 0.500. The average Bonchev–Trinajstić information content (AvgIpc) is 3.09. The van der Waals surface area contributed by atoms with E-state index in [0.717, 1.165) is 12.2 Å². The maximum absolute atomic E-state index is 13.6. The third-order valence-corrected chi connectivity index (χ3v) is 2.95. The summed E-state index contributed by atoms with van der Waals surface area (Å²) in [6.45, 7) is 5.26. The molecule has 2 rings (SSSR count). The first-order valence-electron chi connectivity index (χ1n) is 6.08. The number of halogens is 1. The van der Waals surface area contributed by atoms with E-state index >= 15 is 0 Å². The van der Waals surface area contributed by atoms with Crippen LogP contribution in [0.4, 0.5) is 10.1 Å². The molecule has 0 aliphatic heterocycles. The van der Waals surface area contributed by atoms with Crippen molar-refractivity contribution in [3.05, 3.63) is 29.6 Å². The molecule has 0 bridgehead atoms. The van der Waals surface area contributed by atoms with Gasteiger partial charge < -0.3 is 4.90 Å². The number of nitriles is 1. The molecule has 0 amide bonds. The second-order valence-electron chi connectivity index (χ2n) is 5.05. The summed E-state index contributed by atoms with van der Waals surface area (Å²) in [5.41, 5.74) is 1.02. The Bertz CT molecular complexity index is 444. The van der Waals surface area contributed by atoms with Gasteiger partial charge in [0.1, 0.15) is 11.9 Å². The maximum Gasteiger partial charge on any atom is 0.143 e. The molecule has 1 aromatic carbocycles. The highest BCUT2D eigenvalue weighted by Crippen LogP contribution is 2.32. The first-order chi connectivity index (χ1) is 8.11. The third-order valence-electron chi connectivity index (χ3n) is 2.95. The zero-order valence-electron chi connectivity index (χ0n) is 10.3. The van der Waals surface area contributed by atoms with E-state index in [4.69, 9.17) is 5.26 Å². The highest BCUT2D eigenvalue weighted by atomic mass is 19.1. The maximum atomic E-state index is 13.6. The zero-order valence-corrected chi connectivity index (χ0v) is 10.3. The van der Waals surface area contributed by atoms with Crippen LogP contribution in [-0.2, 0) is 0 Å². The molecule has 1 aliphatic rings. The molecule has 17 heavy (non-hydrogen) atoms. The van der Waals surface area contributed by atoms with E-state index in [-0.39, 0.29) is 5.56 Å². The molecule has 1 saturated carbocycles. The second kappa shape index (κ2) is 4.75. The third kappa shape index (κ3) is 2.76. The van der Waals surface area contributed by atoms with Crippen LogP contribution in [0.15, 0.2) is 18.2 Å². The Morgan fingerprint density at radius 1 is 1.47 bits per heavy atom. The fourth-order valence-corrected chi connectivity index (χ4v) is 2.02. The van der Waals surface area contributed by atoms with Gasteiger partial charge in [-0.15, -0.1) is 0 Å². The normalized spacial score (nSPS) is 14.8. The van der Waals surface area contributed by atoms with Crippen LogP contribution in [0.3, 0.4) is 0 Å². The van der Waals surface area contributed by atoms with Gasteiger partial charge in [0, 0.05) is 18.3 Å². The molecular weight excluding hydrogens is 215 g/mol. The van der Waals surface area contributed by atoms with E-state index in [1.165, 1.54) is 18.9 Å². The van der Waals surface area contributed by atoms with Gasteiger partial charge in [0.05, 0.1) is 5.56 Å². The van der Waals surface area contributed by atoms with Crippen molar-refractivity contribution in [2.45, 2.75) is 32.7 Å². The lowest BCUT2D eigenvalue weighted by molar-refractivity contribution is 0.599. The summed E-state index contributed by atoms with van der Waals surface area (Å²) in [4.78, 5) is 2.26. The molecule has 0 heterocycles. The van der Waals surface area contributed by atoms with Gasteiger partial charge >= 0.3 is 0 Å². The fourth-order valence-electron chi connectivity index (χ4n) is 2.02. The Labute approximate surface area is 102 Å². The van der Waals surface area contributed by atoms with E-state index < -0.39 is 5.82 Å². The molecule has 3 heteroatoms. The number of anilines is 1. The summed E-state index contributed by atoms with van der Waals surface area (Å²) in [5.74, 6) is 0.133. The summed E-state index contributed by atoms with van der Waals surface area (Å²) in [7, 11) is 0. The summed E-state index contributed by atoms with van der Waals surface area (Å²) < 4.78 is 13.6. The van der Waals surface area contributed by atoms with E-state index in [2.05, 4.69) is 18.7 Å². The predicted molar refractivity (Wildman–Crippen MR) is 66.3 cm³/mol. The number of hydrogen-bond acceptors (Lipinski definition) is 2. The van der Waals surface area contributed by atoms with E-state index in [9.17, 15) is 4.39 Å². The first-order valence-corrected chi connectivity index (χ1v) is 6.08. The minimum absolute atomic E-state index is 0.119. The number of nitrogens with zero attached hydrogens (tertiary/aromatic N) is 2. The van der Waals surface area contributed by atoms with Crippen LogP contribution in [0.25, 0.3) is 0 Å². The quantitative estimate of drug-likeness (QED) is 0.796. The van der Waals surface area contributed by atoms with Crippen LogP contribution in [0.5, 0.6) is 0 Å². The Hall–Kier alpha value is -1.56. The SMILES string of the molecule is CC(C)CN(c1ccc(C#N)c(F)c1)C1CC1. The van der Waals surface area contributed by atoms with Crippen LogP contribution in [0.2, 0.25) is 0 Å². The number of benzene rings is 1. The van der Waals surface area contributed by atoms with Crippen LogP contribution >= 0.6 is 0 Å². The van der Waals surface area contributed by atoms with Crippen molar-refractivity contribution in [2.75, 3.05) is 11.4 Å². The lowest BCUT2D eigenvalue weighted by Gasteiger charge is -2.26. The van der Waals surface area contributed by atoms with Crippen LogP contribution in [0.1, 0.15) is 32.3 Å². The molecule has 0 unspecified atom stereocenters. The van der Waals surface area contributed by atoms with E-state index in [1.807, 2.05) is 12.1 Å². The summed E-state index contributed by atoms with van der Waals surface area (Å²) in [5, 5.41) is 8.71. The van der Waals surface area contributed by atoms with Crippen molar-refractivity contribution < 1.29 is 4.39 Å². The molecule has 0 spiro atoms. The van der Waals surface area contributed by atoms with Crippen molar-refractivity contribution in [1.82, 2.24) is 0 Å². The average molecular weight is 232 g/mol. The van der Waals surface area contributed by atoms with Gasteiger partial charge in [-0.3, -0.25) is 0 Å². The Morgan fingerprint density at radius 2 is 2.18 bits per heavy atom. The van der Waals surface area contributed by atoms with E-state index in [0.29, 0.717) is 12.0 Å². The molecule has 2 nitrogen and oxygen atoms in total. The van der Waals surface area contributed by atoms with Gasteiger partial charge in [0.2, 0.25) is 0 Å². The van der Waals surface area contributed by atoms with Crippen LogP contribution < -0.4 is 4.90 Å². The molecule has 1 fully saturated rings. The molecule has 90 valence electrons. The van der Waals surface area contributed by atoms with Gasteiger partial charge in [-0.05, 0) is 37.0 Å². The van der Waals surface area contributed by atoms with Gasteiger partial charge in [-0.1, -0.05) is 13.8 Å². The smallest absolute Gasteiger partial charge is 0.143 e. The zero-order chi connectivity index (χ0) is 12.4. The van der Waals surface area contributed by atoms with Gasteiger partial charge in [-0.2, -0.15) is 5.26 Å². The summed E-state index contributed by atoms with van der Waals surface area (Å²) >= 11 is 0. The standard InChI is InChI=1S/C14H17FN2/c1-10(2)9-17(12-5-6-12)13-4-3-11(8-16)14(15)7-13/h3-4,7,10,12H,5-6,9H2,1-2H3. The molecule has 0 atom stereocenters. The summed E-state index contributed by atoms with van der Waals surface area (Å²) in [6.07, 6.45) is 2.38. The molecule has 0 aromatic heterocycles. The molecule has 0 saturated heterocycles. The van der Waals surface area contributed by atoms with Crippen molar-refractivity contribution in [3.63, 3.8) is 0 Å². The number of hydrogen-bond donors (Lipinski definition) is 0. The van der Waals surface area contributed by atoms with Gasteiger partial charge in [0.25, 0.3) is 0 Å². The van der Waals surface area contributed by atoms with Gasteiger partial charge in [-0.25, -0.2) is 4.39 Å². The minimum Gasteiger partial charge on any atom is -0.368 e. The highest BCUT2D eigenvalue weighted by Gasteiger charge is 2.29. The van der Waals surface area contributed by atoms with E-state index in [1.54, 1.807) is 6.07 Å². The summed E-state index contributed by atoms with van der Waals surface area (Å²) in [6, 6.07) is 7.32. The lowest BCUT2D eigenvalue weighted by atomic mass is 10.1. The van der Waals surface area contributed by atoms with Crippen molar-refractivity contribution in [2.24, 2.45) is 5.92 Å². The lowest BCUT2D eigenvalue weighted by Crippen LogP contribution is -2.29. The van der Waals surface area contributed by atoms with Gasteiger partial charge in [0.15, 0.2) is 0 Å².